The van der Waals surface area contributed by atoms with Crippen LogP contribution in [0.5, 0.6) is 0 Å². The zero-order chi connectivity index (χ0) is 18.3. The van der Waals surface area contributed by atoms with Gasteiger partial charge in [-0.15, -0.1) is 10.2 Å². The molecule has 1 aromatic carbocycles. The number of benzene rings is 1. The molecule has 27 heavy (non-hydrogen) atoms. The monoisotopic (exact) mass is 363 g/mol. The standard InChI is InChI=1S/C24H33N3/c1-2-3-7-12-23-13-16-24(17-14-23,18-15-23)22-26-25-21(27(22)20-10-11-20)19-8-5-4-6-9-19/h4-6,8-9,20H,2-3,7,10-18H2,1H3. The van der Waals surface area contributed by atoms with Crippen molar-refractivity contribution in [1.29, 1.82) is 0 Å². The van der Waals surface area contributed by atoms with Crippen LogP contribution in [0.25, 0.3) is 11.4 Å². The fourth-order valence-electron chi connectivity index (χ4n) is 5.84. The maximum atomic E-state index is 4.86. The van der Waals surface area contributed by atoms with Crippen LogP contribution in [-0.2, 0) is 5.41 Å². The minimum absolute atomic E-state index is 0.301. The molecule has 0 spiro atoms. The zero-order valence-electron chi connectivity index (χ0n) is 16.8. The van der Waals surface area contributed by atoms with Gasteiger partial charge >= 0.3 is 0 Å². The summed E-state index contributed by atoms with van der Waals surface area (Å²) in [6, 6.07) is 11.3. The van der Waals surface area contributed by atoms with Gasteiger partial charge in [0.15, 0.2) is 5.82 Å². The maximum Gasteiger partial charge on any atom is 0.164 e. The minimum Gasteiger partial charge on any atom is -0.307 e. The Morgan fingerprint density at radius 2 is 1.63 bits per heavy atom. The largest absolute Gasteiger partial charge is 0.307 e. The first kappa shape index (κ1) is 17.5. The first-order chi connectivity index (χ1) is 13.3. The molecule has 0 amide bonds. The van der Waals surface area contributed by atoms with E-state index in [1.165, 1.54) is 88.4 Å². The molecule has 4 aliphatic rings. The molecule has 0 radical (unpaired) electrons. The van der Waals surface area contributed by atoms with Crippen LogP contribution in [0.4, 0.5) is 0 Å². The molecule has 0 saturated heterocycles. The number of hydrogen-bond donors (Lipinski definition) is 0. The number of unbranched alkanes of at least 4 members (excludes halogenated alkanes) is 2. The van der Waals surface area contributed by atoms with Crippen molar-refractivity contribution >= 4 is 0 Å². The smallest absolute Gasteiger partial charge is 0.164 e. The predicted octanol–water partition coefficient (Wildman–Crippen LogP) is 6.45. The lowest BCUT2D eigenvalue weighted by Gasteiger charge is -2.53. The Morgan fingerprint density at radius 3 is 2.26 bits per heavy atom. The van der Waals surface area contributed by atoms with Gasteiger partial charge in [0, 0.05) is 17.0 Å². The average molecular weight is 364 g/mol. The Labute approximate surface area is 163 Å². The minimum atomic E-state index is 0.301. The molecule has 6 rings (SSSR count). The molecular formula is C24H33N3. The summed E-state index contributed by atoms with van der Waals surface area (Å²) in [5, 5.41) is 9.58. The summed E-state index contributed by atoms with van der Waals surface area (Å²) in [4.78, 5) is 0. The highest BCUT2D eigenvalue weighted by Crippen LogP contribution is 2.60. The molecule has 0 aliphatic heterocycles. The lowest BCUT2D eigenvalue weighted by Crippen LogP contribution is -2.45. The molecule has 1 heterocycles. The SMILES string of the molecule is CCCCCC12CCC(c3nnc(-c4ccccc4)n3C3CC3)(CC1)CC2. The summed E-state index contributed by atoms with van der Waals surface area (Å²) in [5.74, 6) is 2.43. The molecule has 0 N–H and O–H groups in total. The van der Waals surface area contributed by atoms with Gasteiger partial charge in [-0.3, -0.25) is 0 Å². The van der Waals surface area contributed by atoms with Gasteiger partial charge < -0.3 is 4.57 Å². The normalized spacial score (nSPS) is 30.0. The van der Waals surface area contributed by atoms with E-state index in [9.17, 15) is 0 Å². The maximum absolute atomic E-state index is 4.86. The second-order valence-corrected chi connectivity index (χ2v) is 9.55. The van der Waals surface area contributed by atoms with Crippen molar-refractivity contribution in [1.82, 2.24) is 14.8 Å². The topological polar surface area (TPSA) is 30.7 Å². The second kappa shape index (κ2) is 6.76. The Hall–Kier alpha value is -1.64. The van der Waals surface area contributed by atoms with Gasteiger partial charge in [-0.2, -0.15) is 0 Å². The third kappa shape index (κ3) is 3.03. The molecule has 2 aromatic rings. The zero-order valence-corrected chi connectivity index (χ0v) is 16.8. The Kier molecular flexibility index (Phi) is 4.37. The van der Waals surface area contributed by atoms with Gasteiger partial charge in [0.05, 0.1) is 0 Å². The van der Waals surface area contributed by atoms with E-state index in [2.05, 4.69) is 41.8 Å². The van der Waals surface area contributed by atoms with E-state index in [1.54, 1.807) is 0 Å². The Bertz CT molecular complexity index is 763. The van der Waals surface area contributed by atoms with Crippen LogP contribution >= 0.6 is 0 Å². The second-order valence-electron chi connectivity index (χ2n) is 9.55. The molecule has 0 unspecified atom stereocenters. The summed E-state index contributed by atoms with van der Waals surface area (Å²) in [6.45, 7) is 2.32. The number of fused-ring (bicyclic) bond motifs is 3. The van der Waals surface area contributed by atoms with Crippen LogP contribution in [0.3, 0.4) is 0 Å². The molecule has 1 aromatic heterocycles. The summed E-state index contributed by atoms with van der Waals surface area (Å²) in [6.07, 6.45) is 16.5. The van der Waals surface area contributed by atoms with E-state index in [0.29, 0.717) is 16.9 Å². The lowest BCUT2D eigenvalue weighted by molar-refractivity contribution is 0.0245. The van der Waals surface area contributed by atoms with E-state index in [-0.39, 0.29) is 0 Å². The van der Waals surface area contributed by atoms with Crippen LogP contribution in [0, 0.1) is 5.41 Å². The highest BCUT2D eigenvalue weighted by Gasteiger charge is 2.52. The van der Waals surface area contributed by atoms with E-state index < -0.39 is 0 Å². The van der Waals surface area contributed by atoms with Crippen molar-refractivity contribution < 1.29 is 0 Å². The fourth-order valence-corrected chi connectivity index (χ4v) is 5.84. The van der Waals surface area contributed by atoms with E-state index in [0.717, 1.165) is 5.82 Å². The third-order valence-corrected chi connectivity index (χ3v) is 7.83. The summed E-state index contributed by atoms with van der Waals surface area (Å²) in [7, 11) is 0. The summed E-state index contributed by atoms with van der Waals surface area (Å²) >= 11 is 0. The van der Waals surface area contributed by atoms with Gasteiger partial charge in [0.25, 0.3) is 0 Å². The van der Waals surface area contributed by atoms with Crippen molar-refractivity contribution in [2.75, 3.05) is 0 Å². The predicted molar refractivity (Wildman–Crippen MR) is 110 cm³/mol. The Morgan fingerprint density at radius 1 is 0.926 bits per heavy atom. The average Bonchev–Trinajstić information content (AvgIpc) is 3.47. The van der Waals surface area contributed by atoms with Gasteiger partial charge in [0.2, 0.25) is 0 Å². The van der Waals surface area contributed by atoms with Gasteiger partial charge in [-0.25, -0.2) is 0 Å². The van der Waals surface area contributed by atoms with Crippen LogP contribution in [0.1, 0.15) is 95.8 Å². The van der Waals surface area contributed by atoms with Crippen LogP contribution in [-0.4, -0.2) is 14.8 Å². The molecule has 4 fully saturated rings. The number of rotatable bonds is 7. The molecule has 4 aliphatic carbocycles. The van der Waals surface area contributed by atoms with E-state index >= 15 is 0 Å². The highest BCUT2D eigenvalue weighted by molar-refractivity contribution is 5.55. The molecule has 0 atom stereocenters. The number of aromatic nitrogens is 3. The van der Waals surface area contributed by atoms with Crippen molar-refractivity contribution in [3.8, 4) is 11.4 Å². The first-order valence-electron chi connectivity index (χ1n) is 11.3. The van der Waals surface area contributed by atoms with Crippen molar-refractivity contribution in [2.24, 2.45) is 5.41 Å². The quantitative estimate of drug-likeness (QED) is 0.529. The number of hydrogen-bond acceptors (Lipinski definition) is 2. The fraction of sp³-hybridized carbons (Fsp3) is 0.667. The third-order valence-electron chi connectivity index (χ3n) is 7.83. The Balaban J connectivity index is 1.43. The molecule has 4 saturated carbocycles. The van der Waals surface area contributed by atoms with Gasteiger partial charge in [-0.1, -0.05) is 56.5 Å². The molecule has 3 heteroatoms. The molecule has 3 nitrogen and oxygen atoms in total. The highest BCUT2D eigenvalue weighted by atomic mass is 15.3. The van der Waals surface area contributed by atoms with Crippen LogP contribution < -0.4 is 0 Å². The van der Waals surface area contributed by atoms with Crippen molar-refractivity contribution in [3.63, 3.8) is 0 Å². The van der Waals surface area contributed by atoms with Crippen molar-refractivity contribution in [3.05, 3.63) is 36.2 Å². The van der Waals surface area contributed by atoms with Crippen LogP contribution in [0.15, 0.2) is 30.3 Å². The van der Waals surface area contributed by atoms with Crippen molar-refractivity contribution in [2.45, 2.75) is 95.4 Å². The summed E-state index contributed by atoms with van der Waals surface area (Å²) < 4.78 is 2.55. The van der Waals surface area contributed by atoms with E-state index in [1.807, 2.05) is 0 Å². The van der Waals surface area contributed by atoms with Gasteiger partial charge in [-0.05, 0) is 63.2 Å². The van der Waals surface area contributed by atoms with Crippen LogP contribution in [0.2, 0.25) is 0 Å². The lowest BCUT2D eigenvalue weighted by atomic mass is 9.52. The first-order valence-corrected chi connectivity index (χ1v) is 11.3. The van der Waals surface area contributed by atoms with E-state index in [4.69, 9.17) is 10.2 Å². The van der Waals surface area contributed by atoms with Gasteiger partial charge in [0.1, 0.15) is 5.82 Å². The molecular weight excluding hydrogens is 330 g/mol. The molecule has 2 bridgehead atoms. The molecule has 144 valence electrons. The number of nitrogens with zero attached hydrogens (tertiary/aromatic N) is 3. The summed E-state index contributed by atoms with van der Waals surface area (Å²) in [5.41, 5.74) is 2.18.